The summed E-state index contributed by atoms with van der Waals surface area (Å²) < 4.78 is 5.89. The summed E-state index contributed by atoms with van der Waals surface area (Å²) in [7, 11) is 0. The molecule has 0 amide bonds. The van der Waals surface area contributed by atoms with E-state index >= 15 is 0 Å². The van der Waals surface area contributed by atoms with E-state index in [0.29, 0.717) is 11.6 Å². The van der Waals surface area contributed by atoms with E-state index in [4.69, 9.17) is 16.3 Å². The van der Waals surface area contributed by atoms with E-state index in [9.17, 15) is 0 Å². The lowest BCUT2D eigenvalue weighted by molar-refractivity contribution is 0.306. The molecule has 1 heterocycles. The highest BCUT2D eigenvalue weighted by atomic mass is 35.5. The van der Waals surface area contributed by atoms with Crippen molar-refractivity contribution in [1.82, 2.24) is 4.98 Å². The minimum absolute atomic E-state index is 0.406. The van der Waals surface area contributed by atoms with Gasteiger partial charge in [0.1, 0.15) is 12.4 Å². The van der Waals surface area contributed by atoms with Crippen molar-refractivity contribution in [2.45, 2.75) is 13.5 Å². The molecule has 0 aliphatic rings. The van der Waals surface area contributed by atoms with Crippen LogP contribution in [0.1, 0.15) is 16.8 Å². The zero-order valence-corrected chi connectivity index (χ0v) is 14.6. The summed E-state index contributed by atoms with van der Waals surface area (Å²) in [6.45, 7) is 2.35. The monoisotopic (exact) mass is 357 g/mol. The van der Waals surface area contributed by atoms with Gasteiger partial charge in [0.25, 0.3) is 0 Å². The van der Waals surface area contributed by atoms with Crippen molar-refractivity contribution in [3.05, 3.63) is 75.8 Å². The Bertz CT molecular complexity index is 848. The van der Waals surface area contributed by atoms with Crippen LogP contribution in [0.2, 0.25) is 5.02 Å². The Kier molecular flexibility index (Phi) is 5.46. The van der Waals surface area contributed by atoms with E-state index in [0.717, 1.165) is 27.7 Å². The Balaban J connectivity index is 1.67. The minimum atomic E-state index is 0.406. The number of halogens is 1. The average Bonchev–Trinajstić information content (AvgIpc) is 3.00. The van der Waals surface area contributed by atoms with Crippen molar-refractivity contribution >= 4 is 34.3 Å². The number of nitrogens with one attached hydrogen (secondary N) is 1. The second-order valence-electron chi connectivity index (χ2n) is 5.08. The van der Waals surface area contributed by atoms with Crippen LogP contribution in [0, 0.1) is 6.92 Å². The van der Waals surface area contributed by atoms with Crippen LogP contribution in [0.25, 0.3) is 0 Å². The lowest BCUT2D eigenvalue weighted by Gasteiger charge is -2.10. The summed E-state index contributed by atoms with van der Waals surface area (Å²) in [6, 6.07) is 15.4. The lowest BCUT2D eigenvalue weighted by Crippen LogP contribution is -1.99. The highest BCUT2D eigenvalue weighted by Gasteiger charge is 2.04. The molecular formula is C18H16ClN3OS. The van der Waals surface area contributed by atoms with Crippen LogP contribution in [-0.2, 0) is 6.61 Å². The molecule has 0 aliphatic carbocycles. The number of hydrogen-bond acceptors (Lipinski definition) is 5. The van der Waals surface area contributed by atoms with Gasteiger partial charge in [-0.2, -0.15) is 5.10 Å². The molecule has 0 saturated heterocycles. The van der Waals surface area contributed by atoms with Gasteiger partial charge in [-0.25, -0.2) is 4.98 Å². The van der Waals surface area contributed by atoms with Gasteiger partial charge < -0.3 is 4.74 Å². The smallest absolute Gasteiger partial charge is 0.203 e. The standard InChI is InChI=1S/C18H16ClN3OS/c1-13-12-24-18(21-13)22-20-10-14-6-3-5-9-17(14)23-11-15-7-2-4-8-16(15)19/h2-10,12H,11H2,1H3,(H,21,22)/b20-10-. The number of nitrogens with zero attached hydrogens (tertiary/aromatic N) is 2. The van der Waals surface area contributed by atoms with E-state index in [1.165, 1.54) is 11.3 Å². The first-order chi connectivity index (χ1) is 11.7. The normalized spacial score (nSPS) is 10.9. The summed E-state index contributed by atoms with van der Waals surface area (Å²) in [5, 5.41) is 7.66. The number of ether oxygens (including phenoxy) is 1. The molecule has 122 valence electrons. The molecule has 24 heavy (non-hydrogen) atoms. The van der Waals surface area contributed by atoms with Crippen LogP contribution in [-0.4, -0.2) is 11.2 Å². The summed E-state index contributed by atoms with van der Waals surface area (Å²) in [5.74, 6) is 0.748. The molecule has 0 radical (unpaired) electrons. The van der Waals surface area contributed by atoms with Gasteiger partial charge in [-0.1, -0.05) is 41.9 Å². The summed E-state index contributed by atoms with van der Waals surface area (Å²) in [4.78, 5) is 4.30. The van der Waals surface area contributed by atoms with Gasteiger partial charge in [0.05, 0.1) is 11.9 Å². The molecule has 3 aromatic rings. The number of hydrogen-bond donors (Lipinski definition) is 1. The zero-order valence-electron chi connectivity index (χ0n) is 13.1. The van der Waals surface area contributed by atoms with Crippen LogP contribution in [0.5, 0.6) is 5.75 Å². The van der Waals surface area contributed by atoms with Crippen LogP contribution in [0.3, 0.4) is 0 Å². The Morgan fingerprint density at radius 2 is 2.00 bits per heavy atom. The number of hydrazone groups is 1. The van der Waals surface area contributed by atoms with Crippen molar-refractivity contribution in [2.24, 2.45) is 5.10 Å². The van der Waals surface area contributed by atoms with Crippen LogP contribution < -0.4 is 10.2 Å². The van der Waals surface area contributed by atoms with E-state index in [-0.39, 0.29) is 0 Å². The number of benzene rings is 2. The maximum absolute atomic E-state index is 6.16. The van der Waals surface area contributed by atoms with Crippen molar-refractivity contribution in [3.63, 3.8) is 0 Å². The Morgan fingerprint density at radius 3 is 2.79 bits per heavy atom. The number of para-hydroxylation sites is 1. The summed E-state index contributed by atoms with van der Waals surface area (Å²) in [6.07, 6.45) is 1.72. The fourth-order valence-electron chi connectivity index (χ4n) is 2.05. The molecule has 4 nitrogen and oxygen atoms in total. The molecule has 3 rings (SSSR count). The van der Waals surface area contributed by atoms with Crippen molar-refractivity contribution < 1.29 is 4.74 Å². The fourth-order valence-corrected chi connectivity index (χ4v) is 2.88. The number of anilines is 1. The third-order valence-corrected chi connectivity index (χ3v) is 4.48. The third-order valence-electron chi connectivity index (χ3n) is 3.24. The molecule has 0 saturated carbocycles. The minimum Gasteiger partial charge on any atom is -0.488 e. The van der Waals surface area contributed by atoms with E-state index in [1.807, 2.05) is 60.8 Å². The molecule has 1 aromatic heterocycles. The molecule has 0 atom stereocenters. The lowest BCUT2D eigenvalue weighted by atomic mass is 10.2. The molecule has 0 unspecified atom stereocenters. The molecule has 6 heteroatoms. The third kappa shape index (κ3) is 4.34. The van der Waals surface area contributed by atoms with Crippen molar-refractivity contribution in [3.8, 4) is 5.75 Å². The SMILES string of the molecule is Cc1csc(N/N=C\c2ccccc2OCc2ccccc2Cl)n1. The highest BCUT2D eigenvalue weighted by molar-refractivity contribution is 7.13. The summed E-state index contributed by atoms with van der Waals surface area (Å²) >= 11 is 7.68. The van der Waals surface area contributed by atoms with Gasteiger partial charge in [-0.3, -0.25) is 5.43 Å². The predicted molar refractivity (Wildman–Crippen MR) is 100 cm³/mol. The van der Waals surface area contributed by atoms with E-state index < -0.39 is 0 Å². The summed E-state index contributed by atoms with van der Waals surface area (Å²) in [5.41, 5.74) is 5.72. The van der Waals surface area contributed by atoms with E-state index in [1.54, 1.807) is 6.21 Å². The van der Waals surface area contributed by atoms with Gasteiger partial charge in [0, 0.05) is 21.5 Å². The number of thiazole rings is 1. The fraction of sp³-hybridized carbons (Fsp3) is 0.111. The van der Waals surface area contributed by atoms with Gasteiger partial charge in [-0.15, -0.1) is 11.3 Å². The zero-order chi connectivity index (χ0) is 16.8. The quantitative estimate of drug-likeness (QED) is 0.491. The van der Waals surface area contributed by atoms with Crippen LogP contribution >= 0.6 is 22.9 Å². The van der Waals surface area contributed by atoms with Gasteiger partial charge in [0.2, 0.25) is 5.13 Å². The van der Waals surface area contributed by atoms with Crippen LogP contribution in [0.4, 0.5) is 5.13 Å². The number of aryl methyl sites for hydroxylation is 1. The second-order valence-corrected chi connectivity index (χ2v) is 6.35. The number of rotatable bonds is 6. The Hall–Kier alpha value is -2.37. The maximum atomic E-state index is 6.16. The average molecular weight is 358 g/mol. The van der Waals surface area contributed by atoms with Gasteiger partial charge in [0.15, 0.2) is 0 Å². The molecule has 0 aliphatic heterocycles. The van der Waals surface area contributed by atoms with Gasteiger partial charge in [-0.05, 0) is 25.1 Å². The molecule has 0 bridgehead atoms. The largest absolute Gasteiger partial charge is 0.488 e. The maximum Gasteiger partial charge on any atom is 0.203 e. The van der Waals surface area contributed by atoms with Gasteiger partial charge >= 0.3 is 0 Å². The topological polar surface area (TPSA) is 46.5 Å². The molecule has 2 aromatic carbocycles. The van der Waals surface area contributed by atoms with E-state index in [2.05, 4.69) is 15.5 Å². The molecular weight excluding hydrogens is 342 g/mol. The van der Waals surface area contributed by atoms with Crippen LogP contribution in [0.15, 0.2) is 59.0 Å². The number of aromatic nitrogens is 1. The highest BCUT2D eigenvalue weighted by Crippen LogP contribution is 2.21. The first-order valence-corrected chi connectivity index (χ1v) is 8.64. The van der Waals surface area contributed by atoms with Crippen molar-refractivity contribution in [2.75, 3.05) is 5.43 Å². The predicted octanol–water partition coefficient (Wildman–Crippen LogP) is 5.13. The molecule has 1 N–H and O–H groups in total. The Morgan fingerprint density at radius 1 is 1.21 bits per heavy atom. The Labute approximate surface area is 149 Å². The first-order valence-electron chi connectivity index (χ1n) is 7.39. The second kappa shape index (κ2) is 7.95. The molecule has 0 fully saturated rings. The molecule has 0 spiro atoms. The van der Waals surface area contributed by atoms with Crippen molar-refractivity contribution in [1.29, 1.82) is 0 Å². The first kappa shape index (κ1) is 16.5.